The van der Waals surface area contributed by atoms with E-state index in [0.717, 1.165) is 0 Å². The summed E-state index contributed by atoms with van der Waals surface area (Å²) in [6, 6.07) is 9.21. The number of nitrogen functional groups attached to an aromatic ring is 1. The Morgan fingerprint density at radius 3 is 2.47 bits per heavy atom. The number of ketones is 1. The number of hydrogen-bond donors (Lipinski definition) is 1. The van der Waals surface area contributed by atoms with Gasteiger partial charge >= 0.3 is 0 Å². The number of rotatable bonds is 3. The molecule has 1 aromatic heterocycles. The van der Waals surface area contributed by atoms with E-state index >= 15 is 0 Å². The number of carbonyl (C=O) groups is 1. The maximum Gasteiger partial charge on any atom is 0.284 e. The smallest absolute Gasteiger partial charge is 0.284 e. The van der Waals surface area contributed by atoms with E-state index in [4.69, 9.17) is 5.73 Å². The van der Waals surface area contributed by atoms with Crippen molar-refractivity contribution in [2.75, 3.05) is 5.73 Å². The van der Waals surface area contributed by atoms with E-state index in [0.29, 0.717) is 11.5 Å². The normalized spacial score (nSPS) is 9.71. The molecule has 0 spiro atoms. The lowest BCUT2D eigenvalue weighted by atomic mass is 10.1. The van der Waals surface area contributed by atoms with Crippen molar-refractivity contribution in [2.24, 2.45) is 7.05 Å². The van der Waals surface area contributed by atoms with Gasteiger partial charge in [-0.1, -0.05) is 30.3 Å². The molecule has 0 saturated carbocycles. The van der Waals surface area contributed by atoms with Gasteiger partial charge in [-0.2, -0.15) is 4.57 Å². The van der Waals surface area contributed by atoms with Crippen molar-refractivity contribution in [3.8, 4) is 0 Å². The third-order valence-electron chi connectivity index (χ3n) is 2.54. The van der Waals surface area contributed by atoms with Gasteiger partial charge in [-0.15, -0.1) is 0 Å². The minimum absolute atomic E-state index is 0. The number of aromatic nitrogens is 2. The largest absolute Gasteiger partial charge is 1.00 e. The van der Waals surface area contributed by atoms with Crippen LogP contribution >= 0.6 is 0 Å². The summed E-state index contributed by atoms with van der Waals surface area (Å²) in [5, 5.41) is 0. The molecular formula is C12H14ClN3O. The highest BCUT2D eigenvalue weighted by molar-refractivity contribution is 5.95. The topological polar surface area (TPSA) is 53.0 Å². The number of Topliss-reactive ketones (excluding diaryl/α,β-unsaturated/α-hetero) is 1. The molecule has 0 saturated heterocycles. The second-order valence-electron chi connectivity index (χ2n) is 3.68. The van der Waals surface area contributed by atoms with Crippen LogP contribution in [0, 0.1) is 0 Å². The summed E-state index contributed by atoms with van der Waals surface area (Å²) in [4.78, 5) is 11.9. The maximum absolute atomic E-state index is 11.9. The summed E-state index contributed by atoms with van der Waals surface area (Å²) in [5.41, 5.74) is 6.51. The average Bonchev–Trinajstić information content (AvgIpc) is 2.62. The Kier molecular flexibility index (Phi) is 4.29. The van der Waals surface area contributed by atoms with Crippen LogP contribution in [0.4, 0.5) is 5.95 Å². The van der Waals surface area contributed by atoms with Crippen LogP contribution in [0.5, 0.6) is 0 Å². The molecule has 2 aromatic rings. The molecule has 17 heavy (non-hydrogen) atoms. The predicted octanol–water partition coefficient (Wildman–Crippen LogP) is -1.42. The molecule has 0 bridgehead atoms. The highest BCUT2D eigenvalue weighted by Crippen LogP contribution is 2.07. The number of anilines is 1. The molecule has 0 fully saturated rings. The van der Waals surface area contributed by atoms with Crippen LogP contribution in [0.2, 0.25) is 0 Å². The van der Waals surface area contributed by atoms with Gasteiger partial charge in [0.15, 0.2) is 18.2 Å². The van der Waals surface area contributed by atoms with Crippen LogP contribution in [0.1, 0.15) is 10.4 Å². The van der Waals surface area contributed by atoms with Crippen molar-refractivity contribution >= 4 is 11.7 Å². The highest BCUT2D eigenvalue weighted by atomic mass is 35.5. The molecule has 2 rings (SSSR count). The molecule has 0 aliphatic carbocycles. The molecule has 5 heteroatoms. The highest BCUT2D eigenvalue weighted by Gasteiger charge is 2.13. The number of halogens is 1. The van der Waals surface area contributed by atoms with Gasteiger partial charge in [-0.25, -0.2) is 4.57 Å². The van der Waals surface area contributed by atoms with Gasteiger partial charge in [0.1, 0.15) is 6.54 Å². The Balaban J connectivity index is 0.00000144. The summed E-state index contributed by atoms with van der Waals surface area (Å²) in [6.45, 7) is 0.274. The zero-order valence-electron chi connectivity index (χ0n) is 9.51. The summed E-state index contributed by atoms with van der Waals surface area (Å²) in [6.07, 6.45) is 3.63. The Labute approximate surface area is 106 Å². The van der Waals surface area contributed by atoms with Gasteiger partial charge in [0.2, 0.25) is 0 Å². The first kappa shape index (κ1) is 13.3. The fourth-order valence-corrected chi connectivity index (χ4v) is 1.54. The SMILES string of the molecule is Cn1ccn(CC(=O)c2ccccc2)[c+]1N.[Cl-]. The summed E-state index contributed by atoms with van der Waals surface area (Å²) in [7, 11) is 1.85. The molecule has 0 unspecified atom stereocenters. The van der Waals surface area contributed by atoms with Gasteiger partial charge < -0.3 is 18.1 Å². The first-order valence-corrected chi connectivity index (χ1v) is 5.07. The van der Waals surface area contributed by atoms with Crippen molar-refractivity contribution in [1.82, 2.24) is 9.13 Å². The third-order valence-corrected chi connectivity index (χ3v) is 2.54. The molecule has 0 amide bonds. The summed E-state index contributed by atoms with van der Waals surface area (Å²) < 4.78 is 3.51. The Hall–Kier alpha value is -1.81. The summed E-state index contributed by atoms with van der Waals surface area (Å²) >= 11 is 0. The molecular weight excluding hydrogens is 238 g/mol. The zero-order valence-corrected chi connectivity index (χ0v) is 10.3. The minimum Gasteiger partial charge on any atom is -1.00 e. The van der Waals surface area contributed by atoms with Crippen molar-refractivity contribution in [2.45, 2.75) is 6.54 Å². The fourth-order valence-electron chi connectivity index (χ4n) is 1.54. The second kappa shape index (κ2) is 5.50. The van der Waals surface area contributed by atoms with Crippen LogP contribution in [0.25, 0.3) is 0 Å². The number of aryl methyl sites for hydroxylation is 1. The maximum atomic E-state index is 11.9. The second-order valence-corrected chi connectivity index (χ2v) is 3.68. The lowest BCUT2D eigenvalue weighted by molar-refractivity contribution is -0.0000113. The van der Waals surface area contributed by atoms with Crippen LogP contribution in [-0.2, 0) is 13.6 Å². The summed E-state index contributed by atoms with van der Waals surface area (Å²) in [5.74, 6) is 0.632. The fraction of sp³-hybridized carbons (Fsp3) is 0.167. The molecule has 0 radical (unpaired) electrons. The van der Waals surface area contributed by atoms with Crippen LogP contribution < -0.4 is 18.1 Å². The van der Waals surface area contributed by atoms with Gasteiger partial charge in [-0.05, 0) is 0 Å². The number of nitrogens with zero attached hydrogens (tertiary/aromatic N) is 2. The Morgan fingerprint density at radius 1 is 1.29 bits per heavy atom. The molecule has 0 atom stereocenters. The van der Waals surface area contributed by atoms with Crippen molar-refractivity contribution < 1.29 is 17.2 Å². The minimum atomic E-state index is 0. The van der Waals surface area contributed by atoms with Crippen LogP contribution in [-0.4, -0.2) is 14.9 Å². The number of carbonyl (C=O) groups excluding carboxylic acids is 1. The standard InChI is InChI=1S/C12H14N3O.ClH/c1-14-7-8-15(12(14)13)9-11(16)10-5-3-2-4-6-10;/h2-8H,9,13H2,1H3;1H/q+1;/p-1. The lowest BCUT2D eigenvalue weighted by Gasteiger charge is -2.00. The lowest BCUT2D eigenvalue weighted by Crippen LogP contribution is -3.00. The molecule has 1 aromatic carbocycles. The van der Waals surface area contributed by atoms with E-state index in [9.17, 15) is 4.79 Å². The number of imidazole rings is 1. The van der Waals surface area contributed by atoms with Crippen LogP contribution in [0.3, 0.4) is 0 Å². The van der Waals surface area contributed by atoms with E-state index in [1.807, 2.05) is 43.6 Å². The molecule has 4 nitrogen and oxygen atoms in total. The molecule has 1 heterocycles. The number of benzene rings is 1. The molecule has 90 valence electrons. The quantitative estimate of drug-likeness (QED) is 0.538. The molecule has 2 N–H and O–H groups in total. The van der Waals surface area contributed by atoms with E-state index in [-0.39, 0.29) is 24.7 Å². The van der Waals surface area contributed by atoms with E-state index in [1.165, 1.54) is 0 Å². The van der Waals surface area contributed by atoms with Crippen molar-refractivity contribution in [1.29, 1.82) is 0 Å². The van der Waals surface area contributed by atoms with Gasteiger partial charge in [0.05, 0.1) is 0 Å². The number of hydrogen-bond acceptors (Lipinski definition) is 2. The average molecular weight is 252 g/mol. The first-order chi connectivity index (χ1) is 7.68. The van der Waals surface area contributed by atoms with E-state index in [1.54, 1.807) is 15.3 Å². The monoisotopic (exact) mass is 251 g/mol. The van der Waals surface area contributed by atoms with Gasteiger partial charge in [0, 0.05) is 12.6 Å². The number of nitrogens with two attached hydrogens (primary N) is 1. The predicted molar refractivity (Wildman–Crippen MR) is 63.0 cm³/mol. The zero-order chi connectivity index (χ0) is 11.5. The Morgan fingerprint density at radius 2 is 1.94 bits per heavy atom. The Bertz CT molecular complexity index is 508. The van der Waals surface area contributed by atoms with Gasteiger partial charge in [0.25, 0.3) is 5.95 Å². The van der Waals surface area contributed by atoms with Crippen LogP contribution in [0.15, 0.2) is 42.7 Å². The van der Waals surface area contributed by atoms with Crippen molar-refractivity contribution in [3.05, 3.63) is 48.3 Å². The first-order valence-electron chi connectivity index (χ1n) is 5.07. The molecule has 0 aliphatic rings. The van der Waals surface area contributed by atoms with E-state index < -0.39 is 0 Å². The third kappa shape index (κ3) is 2.85. The molecule has 0 aliphatic heterocycles. The van der Waals surface area contributed by atoms with E-state index in [2.05, 4.69) is 0 Å². The van der Waals surface area contributed by atoms with Gasteiger partial charge in [-0.3, -0.25) is 4.79 Å². The van der Waals surface area contributed by atoms with Crippen molar-refractivity contribution in [3.63, 3.8) is 0 Å².